The zero-order chi connectivity index (χ0) is 18.7. The molecular weight excluding hydrogens is 334 g/mol. The fraction of sp³-hybridized carbons (Fsp3) is 0.600. The third kappa shape index (κ3) is 3.30. The highest BCUT2D eigenvalue weighted by Crippen LogP contribution is 2.44. The van der Waals surface area contributed by atoms with Gasteiger partial charge in [0.15, 0.2) is 0 Å². The van der Waals surface area contributed by atoms with E-state index in [9.17, 15) is 14.7 Å². The molecule has 26 heavy (non-hydrogen) atoms. The van der Waals surface area contributed by atoms with Gasteiger partial charge in [0.05, 0.1) is 25.7 Å². The maximum atomic E-state index is 13.6. The third-order valence-electron chi connectivity index (χ3n) is 5.82. The van der Waals surface area contributed by atoms with E-state index in [4.69, 9.17) is 9.47 Å². The quantitative estimate of drug-likeness (QED) is 0.831. The van der Waals surface area contributed by atoms with Crippen molar-refractivity contribution >= 4 is 11.9 Å². The molecule has 0 spiro atoms. The maximum Gasteiger partial charge on any atom is 0.328 e. The van der Waals surface area contributed by atoms with Crippen LogP contribution in [0.3, 0.4) is 0 Å². The molecule has 142 valence electrons. The molecule has 2 atom stereocenters. The lowest BCUT2D eigenvalue weighted by molar-refractivity contribution is -0.159. The number of benzene rings is 1. The average Bonchev–Trinajstić information content (AvgIpc) is 3.18. The Kier molecular flexibility index (Phi) is 5.51. The van der Waals surface area contributed by atoms with Crippen LogP contribution in [0.25, 0.3) is 0 Å². The van der Waals surface area contributed by atoms with E-state index in [1.54, 1.807) is 12.0 Å². The van der Waals surface area contributed by atoms with Crippen molar-refractivity contribution in [2.75, 3.05) is 20.8 Å². The summed E-state index contributed by atoms with van der Waals surface area (Å²) < 4.78 is 10.1. The van der Waals surface area contributed by atoms with E-state index in [1.807, 2.05) is 24.3 Å². The van der Waals surface area contributed by atoms with Gasteiger partial charge in [0.2, 0.25) is 5.91 Å². The Morgan fingerprint density at radius 2 is 1.81 bits per heavy atom. The van der Waals surface area contributed by atoms with Crippen LogP contribution in [0.4, 0.5) is 0 Å². The molecule has 1 heterocycles. The highest BCUT2D eigenvalue weighted by molar-refractivity contribution is 5.92. The molecule has 0 unspecified atom stereocenters. The van der Waals surface area contributed by atoms with Crippen molar-refractivity contribution in [1.82, 2.24) is 4.90 Å². The number of ether oxygens (including phenoxy) is 2. The second kappa shape index (κ2) is 7.66. The van der Waals surface area contributed by atoms with Gasteiger partial charge in [-0.1, -0.05) is 25.0 Å². The topological polar surface area (TPSA) is 76.1 Å². The molecular formula is C20H27NO5. The number of carbonyl (C=O) groups excluding carboxylic acids is 2. The van der Waals surface area contributed by atoms with Crippen LogP contribution in [0, 0.1) is 0 Å². The number of piperidine rings is 1. The lowest BCUT2D eigenvalue weighted by Gasteiger charge is -2.41. The molecule has 0 bridgehead atoms. The normalized spacial score (nSPS) is 25.0. The summed E-state index contributed by atoms with van der Waals surface area (Å²) in [5.74, 6) is 0.269. The molecule has 1 saturated heterocycles. The second-order valence-corrected chi connectivity index (χ2v) is 7.23. The number of rotatable bonds is 4. The van der Waals surface area contributed by atoms with Crippen LogP contribution < -0.4 is 4.74 Å². The van der Waals surface area contributed by atoms with Gasteiger partial charge in [-0.25, -0.2) is 4.79 Å². The molecule has 1 aromatic carbocycles. The first-order valence-corrected chi connectivity index (χ1v) is 9.23. The molecule has 2 fully saturated rings. The van der Waals surface area contributed by atoms with E-state index in [0.29, 0.717) is 13.0 Å². The zero-order valence-electron chi connectivity index (χ0n) is 15.4. The van der Waals surface area contributed by atoms with Gasteiger partial charge < -0.3 is 19.5 Å². The predicted octanol–water partition coefficient (Wildman–Crippen LogP) is 2.03. The summed E-state index contributed by atoms with van der Waals surface area (Å²) in [5.41, 5.74) is 0.358. The minimum atomic E-state index is -0.716. The summed E-state index contributed by atoms with van der Waals surface area (Å²) >= 11 is 0. The number of likely N-dealkylation sites (tertiary alicyclic amines) is 1. The molecule has 2 aliphatic rings. The molecule has 1 saturated carbocycles. The number of nitrogens with zero attached hydrogens (tertiary/aromatic N) is 1. The number of aliphatic hydroxyl groups is 1. The van der Waals surface area contributed by atoms with E-state index in [-0.39, 0.29) is 12.3 Å². The monoisotopic (exact) mass is 361 g/mol. The maximum absolute atomic E-state index is 13.6. The van der Waals surface area contributed by atoms with E-state index in [2.05, 4.69) is 0 Å². The van der Waals surface area contributed by atoms with Crippen molar-refractivity contribution in [2.24, 2.45) is 0 Å². The summed E-state index contributed by atoms with van der Waals surface area (Å²) in [5, 5.41) is 9.97. The van der Waals surface area contributed by atoms with Crippen molar-refractivity contribution in [2.45, 2.75) is 56.1 Å². The summed E-state index contributed by atoms with van der Waals surface area (Å²) in [6, 6.07) is 6.94. The van der Waals surface area contributed by atoms with E-state index in [1.165, 1.54) is 7.11 Å². The van der Waals surface area contributed by atoms with Crippen LogP contribution in [0.5, 0.6) is 5.75 Å². The van der Waals surface area contributed by atoms with Crippen molar-refractivity contribution in [3.63, 3.8) is 0 Å². The SMILES string of the molecule is COC(=O)[C@@H]1C[C@H](O)CCN1C(=O)C1(c2ccc(OC)cc2)CCCC1. The van der Waals surface area contributed by atoms with Gasteiger partial charge in [-0.2, -0.15) is 0 Å². The number of amides is 1. The molecule has 1 aromatic rings. The fourth-order valence-corrected chi connectivity index (χ4v) is 4.34. The Morgan fingerprint density at radius 3 is 2.38 bits per heavy atom. The van der Waals surface area contributed by atoms with Crippen LogP contribution in [-0.4, -0.2) is 54.8 Å². The second-order valence-electron chi connectivity index (χ2n) is 7.23. The number of hydrogen-bond acceptors (Lipinski definition) is 5. The zero-order valence-corrected chi connectivity index (χ0v) is 15.4. The third-order valence-corrected chi connectivity index (χ3v) is 5.82. The number of aliphatic hydroxyl groups excluding tert-OH is 1. The number of methoxy groups -OCH3 is 2. The predicted molar refractivity (Wildman–Crippen MR) is 95.9 cm³/mol. The molecule has 6 nitrogen and oxygen atoms in total. The summed E-state index contributed by atoms with van der Waals surface area (Å²) in [6.45, 7) is 0.373. The number of hydrogen-bond donors (Lipinski definition) is 1. The first-order chi connectivity index (χ1) is 12.5. The van der Waals surface area contributed by atoms with Crippen LogP contribution in [0.15, 0.2) is 24.3 Å². The molecule has 3 rings (SSSR count). The Morgan fingerprint density at radius 1 is 1.15 bits per heavy atom. The molecule has 1 N–H and O–H groups in total. The molecule has 1 aliphatic carbocycles. The van der Waals surface area contributed by atoms with E-state index in [0.717, 1.165) is 37.0 Å². The minimum Gasteiger partial charge on any atom is -0.497 e. The lowest BCUT2D eigenvalue weighted by atomic mass is 9.76. The van der Waals surface area contributed by atoms with Gasteiger partial charge >= 0.3 is 5.97 Å². The van der Waals surface area contributed by atoms with Crippen molar-refractivity contribution in [3.8, 4) is 5.75 Å². The van der Waals surface area contributed by atoms with Crippen molar-refractivity contribution in [1.29, 1.82) is 0 Å². The first-order valence-electron chi connectivity index (χ1n) is 9.23. The Balaban J connectivity index is 1.93. The summed E-state index contributed by atoms with van der Waals surface area (Å²) in [6.07, 6.45) is 3.64. The van der Waals surface area contributed by atoms with Gasteiger partial charge in [0.1, 0.15) is 11.8 Å². The van der Waals surface area contributed by atoms with Crippen LogP contribution in [0.1, 0.15) is 44.1 Å². The van der Waals surface area contributed by atoms with Crippen LogP contribution in [-0.2, 0) is 19.7 Å². The largest absolute Gasteiger partial charge is 0.497 e. The smallest absolute Gasteiger partial charge is 0.328 e. The van der Waals surface area contributed by atoms with Gasteiger partial charge in [-0.05, 0) is 37.0 Å². The molecule has 1 aliphatic heterocycles. The average molecular weight is 361 g/mol. The first kappa shape index (κ1) is 18.7. The highest BCUT2D eigenvalue weighted by atomic mass is 16.5. The lowest BCUT2D eigenvalue weighted by Crippen LogP contribution is -2.56. The fourth-order valence-electron chi connectivity index (χ4n) is 4.34. The van der Waals surface area contributed by atoms with Crippen LogP contribution in [0.2, 0.25) is 0 Å². The Labute approximate surface area is 154 Å². The molecule has 1 amide bonds. The van der Waals surface area contributed by atoms with Crippen molar-refractivity contribution in [3.05, 3.63) is 29.8 Å². The number of carbonyl (C=O) groups is 2. The Hall–Kier alpha value is -2.08. The molecule has 0 aromatic heterocycles. The van der Waals surface area contributed by atoms with E-state index < -0.39 is 23.5 Å². The molecule has 6 heteroatoms. The molecule has 0 radical (unpaired) electrons. The standard InChI is InChI=1S/C20H27NO5/c1-25-16-7-5-14(6-8-16)20(10-3-4-11-20)19(24)21-12-9-15(22)13-17(21)18(23)26-2/h5-8,15,17,22H,3-4,9-13H2,1-2H3/t15-,17+/m1/s1. The van der Waals surface area contributed by atoms with Crippen LogP contribution >= 0.6 is 0 Å². The minimum absolute atomic E-state index is 0.0255. The van der Waals surface area contributed by atoms with Gasteiger partial charge in [0.25, 0.3) is 0 Å². The van der Waals surface area contributed by atoms with Gasteiger partial charge in [0, 0.05) is 13.0 Å². The van der Waals surface area contributed by atoms with E-state index >= 15 is 0 Å². The Bertz CT molecular complexity index is 651. The van der Waals surface area contributed by atoms with Crippen molar-refractivity contribution < 1.29 is 24.2 Å². The summed E-state index contributed by atoms with van der Waals surface area (Å²) in [7, 11) is 2.94. The van der Waals surface area contributed by atoms with Gasteiger partial charge in [-0.15, -0.1) is 0 Å². The number of esters is 1. The summed E-state index contributed by atoms with van der Waals surface area (Å²) in [4.78, 5) is 27.5. The highest BCUT2D eigenvalue weighted by Gasteiger charge is 2.48. The van der Waals surface area contributed by atoms with Gasteiger partial charge in [-0.3, -0.25) is 4.79 Å².